The monoisotopic (exact) mass is 341 g/mol. The van der Waals surface area contributed by atoms with Gasteiger partial charge in [-0.05, 0) is 13.0 Å². The van der Waals surface area contributed by atoms with Gasteiger partial charge >= 0.3 is 11.9 Å². The molecule has 2 heterocycles. The summed E-state index contributed by atoms with van der Waals surface area (Å²) in [5.74, 6) is 0. The van der Waals surface area contributed by atoms with Crippen LogP contribution in [0.25, 0.3) is 0 Å². The third kappa shape index (κ3) is 3.92. The summed E-state index contributed by atoms with van der Waals surface area (Å²) in [7, 11) is 0. The second-order valence-corrected chi connectivity index (χ2v) is 5.05. The number of halogens is 3. The van der Waals surface area contributed by atoms with Gasteiger partial charge in [0.05, 0.1) is 18.7 Å². The fourth-order valence-corrected chi connectivity index (χ4v) is 2.11. The van der Waals surface area contributed by atoms with Crippen LogP contribution in [0.15, 0.2) is 28.0 Å². The van der Waals surface area contributed by atoms with Gasteiger partial charge in [-0.1, -0.05) is 0 Å². The molecule has 2 rings (SSSR count). The zero-order valence-electron chi connectivity index (χ0n) is 12.7. The lowest BCUT2D eigenvalue weighted by Crippen LogP contribution is -2.41. The Kier molecular flexibility index (Phi) is 4.92. The first kappa shape index (κ1) is 17.5. The smallest absolute Gasteiger partial charge is 0.299 e. The predicted molar refractivity (Wildman–Crippen MR) is 77.4 cm³/mol. The van der Waals surface area contributed by atoms with E-state index in [1.165, 1.54) is 23.0 Å². The fourth-order valence-electron chi connectivity index (χ4n) is 2.11. The van der Waals surface area contributed by atoms with Crippen molar-refractivity contribution in [1.29, 1.82) is 5.26 Å². The van der Waals surface area contributed by atoms with Crippen LogP contribution in [-0.2, 0) is 19.6 Å². The van der Waals surface area contributed by atoms with Gasteiger partial charge in [-0.15, -0.1) is 0 Å². The van der Waals surface area contributed by atoms with Crippen LogP contribution >= 0.6 is 0 Å². The van der Waals surface area contributed by atoms with E-state index >= 15 is 0 Å². The van der Waals surface area contributed by atoms with Crippen molar-refractivity contribution in [2.24, 2.45) is 0 Å². The van der Waals surface area contributed by atoms with Crippen molar-refractivity contribution in [1.82, 2.24) is 18.9 Å². The Bertz CT molecular complexity index is 886. The zero-order chi connectivity index (χ0) is 17.9. The first-order valence-corrected chi connectivity index (χ1v) is 7.08. The quantitative estimate of drug-likeness (QED) is 0.815. The van der Waals surface area contributed by atoms with Gasteiger partial charge in [-0.3, -0.25) is 18.6 Å². The van der Waals surface area contributed by atoms with E-state index in [-0.39, 0.29) is 30.9 Å². The van der Waals surface area contributed by atoms with Gasteiger partial charge < -0.3 is 0 Å². The fraction of sp³-hybridized carbons (Fsp3) is 0.429. The molecule has 2 aromatic heterocycles. The van der Waals surface area contributed by atoms with Gasteiger partial charge in [0.25, 0.3) is 5.56 Å². The summed E-state index contributed by atoms with van der Waals surface area (Å²) in [5.41, 5.74) is -1.29. The number of hydrogen-bond donors (Lipinski definition) is 0. The lowest BCUT2D eigenvalue weighted by Gasteiger charge is -2.08. The van der Waals surface area contributed by atoms with Crippen LogP contribution in [0, 0.1) is 11.3 Å². The van der Waals surface area contributed by atoms with Gasteiger partial charge in [0.1, 0.15) is 11.6 Å². The van der Waals surface area contributed by atoms with Crippen molar-refractivity contribution >= 4 is 0 Å². The first-order chi connectivity index (χ1) is 11.2. The number of aromatic nitrogens is 4. The van der Waals surface area contributed by atoms with Crippen LogP contribution in [0.1, 0.15) is 24.6 Å². The largest absolute Gasteiger partial charge is 0.390 e. The topological polar surface area (TPSA) is 85.6 Å². The minimum absolute atomic E-state index is 0.187. The highest BCUT2D eigenvalue weighted by Gasteiger charge is 2.26. The predicted octanol–water partition coefficient (Wildman–Crippen LogP) is 1.10. The average Bonchev–Trinajstić information content (AvgIpc) is 2.97. The molecule has 0 unspecified atom stereocenters. The lowest BCUT2D eigenvalue weighted by molar-refractivity contribution is -0.137. The molecule has 0 aromatic carbocycles. The minimum atomic E-state index is -4.29. The molecule has 0 radical (unpaired) electrons. The molecule has 0 spiro atoms. The molecule has 128 valence electrons. The van der Waals surface area contributed by atoms with Gasteiger partial charge in [-0.2, -0.15) is 23.5 Å². The molecule has 2 aromatic rings. The second-order valence-electron chi connectivity index (χ2n) is 5.05. The molecule has 10 heteroatoms. The lowest BCUT2D eigenvalue weighted by atomic mass is 10.3. The van der Waals surface area contributed by atoms with E-state index in [1.807, 2.05) is 0 Å². The van der Waals surface area contributed by atoms with Crippen molar-refractivity contribution in [2.75, 3.05) is 0 Å². The molecule has 0 aliphatic heterocycles. The Labute approximate surface area is 134 Å². The highest BCUT2D eigenvalue weighted by molar-refractivity contribution is 5.22. The Hall–Kier alpha value is -2.83. The highest BCUT2D eigenvalue weighted by Crippen LogP contribution is 2.19. The average molecular weight is 341 g/mol. The van der Waals surface area contributed by atoms with Gasteiger partial charge in [0.15, 0.2) is 0 Å². The summed E-state index contributed by atoms with van der Waals surface area (Å²) in [5, 5.41) is 12.9. The first-order valence-electron chi connectivity index (χ1n) is 7.08. The standard InChI is InChI=1S/C14H14F3N5O2/c1-2-20-8-10(7-18)12(23)22(13(20)24)9-11-3-5-21(19-11)6-4-14(15,16)17/h3,5,8H,2,4,6,9H2,1H3. The molecule has 0 aliphatic rings. The summed E-state index contributed by atoms with van der Waals surface area (Å²) in [6.07, 6.45) is -2.79. The molecule has 0 bridgehead atoms. The van der Waals surface area contributed by atoms with Crippen molar-refractivity contribution in [3.63, 3.8) is 0 Å². The molecular weight excluding hydrogens is 327 g/mol. The number of rotatable bonds is 5. The summed E-state index contributed by atoms with van der Waals surface area (Å²) < 4.78 is 39.8. The zero-order valence-corrected chi connectivity index (χ0v) is 12.7. The summed E-state index contributed by atoms with van der Waals surface area (Å²) in [6, 6.07) is 3.15. The molecule has 0 atom stereocenters. The Balaban J connectivity index is 2.29. The van der Waals surface area contributed by atoms with Gasteiger partial charge in [-0.25, -0.2) is 4.79 Å². The highest BCUT2D eigenvalue weighted by atomic mass is 19.4. The van der Waals surface area contributed by atoms with E-state index in [1.54, 1.807) is 13.0 Å². The van der Waals surface area contributed by atoms with Crippen LogP contribution in [0.5, 0.6) is 0 Å². The van der Waals surface area contributed by atoms with Crippen LogP contribution in [0.4, 0.5) is 13.2 Å². The summed E-state index contributed by atoms with van der Waals surface area (Å²) in [6.45, 7) is 1.39. The third-order valence-corrected chi connectivity index (χ3v) is 3.34. The van der Waals surface area contributed by atoms with Crippen molar-refractivity contribution in [3.05, 3.63) is 50.6 Å². The Morgan fingerprint density at radius 2 is 2.04 bits per heavy atom. The van der Waals surface area contributed by atoms with Crippen LogP contribution in [0.3, 0.4) is 0 Å². The van der Waals surface area contributed by atoms with E-state index in [0.29, 0.717) is 0 Å². The molecule has 0 aliphatic carbocycles. The van der Waals surface area contributed by atoms with Crippen LogP contribution in [0.2, 0.25) is 0 Å². The Morgan fingerprint density at radius 1 is 1.33 bits per heavy atom. The number of nitrogens with zero attached hydrogens (tertiary/aromatic N) is 5. The van der Waals surface area contributed by atoms with Crippen molar-refractivity contribution in [2.45, 2.75) is 39.2 Å². The maximum absolute atomic E-state index is 12.2. The second kappa shape index (κ2) is 6.74. The summed E-state index contributed by atoms with van der Waals surface area (Å²) >= 11 is 0. The van der Waals surface area contributed by atoms with E-state index in [2.05, 4.69) is 5.10 Å². The molecule has 0 amide bonds. The molecule has 7 nitrogen and oxygen atoms in total. The van der Waals surface area contributed by atoms with E-state index in [0.717, 1.165) is 9.25 Å². The van der Waals surface area contributed by atoms with E-state index in [9.17, 15) is 22.8 Å². The van der Waals surface area contributed by atoms with Crippen LogP contribution in [-0.4, -0.2) is 25.1 Å². The number of alkyl halides is 3. The third-order valence-electron chi connectivity index (χ3n) is 3.34. The number of hydrogen-bond acceptors (Lipinski definition) is 4. The maximum atomic E-state index is 12.2. The Morgan fingerprint density at radius 3 is 2.62 bits per heavy atom. The normalized spacial score (nSPS) is 11.5. The van der Waals surface area contributed by atoms with E-state index < -0.39 is 23.8 Å². The molecule has 0 N–H and O–H groups in total. The SMILES string of the molecule is CCn1cc(C#N)c(=O)n(Cc2ccn(CCC(F)(F)F)n2)c1=O. The molecule has 0 fully saturated rings. The van der Waals surface area contributed by atoms with Gasteiger partial charge in [0.2, 0.25) is 0 Å². The maximum Gasteiger partial charge on any atom is 0.390 e. The number of nitriles is 1. The van der Waals surface area contributed by atoms with Crippen LogP contribution < -0.4 is 11.2 Å². The molecule has 0 saturated heterocycles. The molecule has 0 saturated carbocycles. The van der Waals surface area contributed by atoms with E-state index in [4.69, 9.17) is 5.26 Å². The summed E-state index contributed by atoms with van der Waals surface area (Å²) in [4.78, 5) is 24.3. The van der Waals surface area contributed by atoms with Crippen molar-refractivity contribution < 1.29 is 13.2 Å². The number of aryl methyl sites for hydroxylation is 2. The minimum Gasteiger partial charge on any atom is -0.299 e. The van der Waals surface area contributed by atoms with Crippen molar-refractivity contribution in [3.8, 4) is 6.07 Å². The molecule has 24 heavy (non-hydrogen) atoms. The molecular formula is C14H14F3N5O2. The van der Waals surface area contributed by atoms with Gasteiger partial charge in [0, 0.05) is 25.5 Å².